The van der Waals surface area contributed by atoms with Crippen LogP contribution in [0.3, 0.4) is 0 Å². The normalized spacial score (nSPS) is 15.7. The van der Waals surface area contributed by atoms with Crippen molar-refractivity contribution in [3.8, 4) is 0 Å². The number of nitrogens with zero attached hydrogens (tertiary/aromatic N) is 3. The summed E-state index contributed by atoms with van der Waals surface area (Å²) in [4.78, 5) is 23.0. The predicted octanol–water partition coefficient (Wildman–Crippen LogP) is 4.08. The lowest BCUT2D eigenvalue weighted by atomic mass is 9.94. The number of rotatable bonds is 5. The van der Waals surface area contributed by atoms with Crippen molar-refractivity contribution in [1.82, 2.24) is 20.2 Å². The van der Waals surface area contributed by atoms with E-state index in [4.69, 9.17) is 0 Å². The third-order valence-electron chi connectivity index (χ3n) is 5.99. The van der Waals surface area contributed by atoms with Gasteiger partial charge in [0.05, 0.1) is 6.04 Å². The summed E-state index contributed by atoms with van der Waals surface area (Å²) < 4.78 is 0. The Kier molecular flexibility index (Phi) is 6.19. The Morgan fingerprint density at radius 1 is 0.967 bits per heavy atom. The molecule has 1 aromatic carbocycles. The summed E-state index contributed by atoms with van der Waals surface area (Å²) in [6, 6.07) is 14.8. The van der Waals surface area contributed by atoms with Crippen LogP contribution in [0.4, 0.5) is 0 Å². The van der Waals surface area contributed by atoms with Crippen molar-refractivity contribution in [3.63, 3.8) is 0 Å². The molecule has 1 amide bonds. The number of hydrogen-bond acceptors (Lipinski definition) is 4. The van der Waals surface area contributed by atoms with Crippen LogP contribution in [0, 0.1) is 13.8 Å². The molecule has 1 fully saturated rings. The lowest BCUT2D eigenvalue weighted by Crippen LogP contribution is -2.46. The summed E-state index contributed by atoms with van der Waals surface area (Å²) in [6.07, 6.45) is 8.95. The van der Waals surface area contributed by atoms with E-state index in [0.717, 1.165) is 31.5 Å². The highest BCUT2D eigenvalue weighted by Crippen LogP contribution is 2.26. The summed E-state index contributed by atoms with van der Waals surface area (Å²) in [5.41, 5.74) is 5.71. The highest BCUT2D eigenvalue weighted by atomic mass is 16.2. The highest BCUT2D eigenvalue weighted by molar-refractivity contribution is 5.94. The minimum atomic E-state index is 0.0884. The summed E-state index contributed by atoms with van der Waals surface area (Å²) in [5, 5.41) is 3.85. The number of aromatic nitrogens is 2. The molecule has 1 atom stereocenters. The van der Waals surface area contributed by atoms with Gasteiger partial charge in [0.15, 0.2) is 0 Å². The molecule has 5 nitrogen and oxygen atoms in total. The van der Waals surface area contributed by atoms with Crippen LogP contribution in [0.5, 0.6) is 0 Å². The van der Waals surface area contributed by atoms with Gasteiger partial charge in [-0.25, -0.2) is 0 Å². The van der Waals surface area contributed by atoms with Gasteiger partial charge in [-0.3, -0.25) is 14.8 Å². The lowest BCUT2D eigenvalue weighted by Gasteiger charge is -2.35. The van der Waals surface area contributed by atoms with Crippen molar-refractivity contribution in [2.45, 2.75) is 38.8 Å². The number of likely N-dealkylation sites (tertiary alicyclic amines) is 1. The van der Waals surface area contributed by atoms with E-state index in [1.807, 2.05) is 23.4 Å². The average molecular weight is 401 g/mol. The minimum absolute atomic E-state index is 0.0884. The maximum Gasteiger partial charge on any atom is 0.253 e. The fraction of sp³-hybridized carbons (Fsp3) is 0.320. The first-order chi connectivity index (χ1) is 14.6. The molecule has 1 aliphatic heterocycles. The zero-order valence-electron chi connectivity index (χ0n) is 17.6. The molecule has 1 saturated heterocycles. The minimum Gasteiger partial charge on any atom is -0.339 e. The van der Waals surface area contributed by atoms with Gasteiger partial charge in [0.25, 0.3) is 5.91 Å². The smallest absolute Gasteiger partial charge is 0.253 e. The summed E-state index contributed by atoms with van der Waals surface area (Å²) in [7, 11) is 0. The molecule has 0 aliphatic carbocycles. The van der Waals surface area contributed by atoms with E-state index in [1.54, 1.807) is 24.5 Å². The van der Waals surface area contributed by atoms with Crippen LogP contribution in [0.25, 0.3) is 0 Å². The van der Waals surface area contributed by atoms with Gasteiger partial charge < -0.3 is 10.2 Å². The van der Waals surface area contributed by atoms with Crippen molar-refractivity contribution in [1.29, 1.82) is 0 Å². The van der Waals surface area contributed by atoms with Gasteiger partial charge in [0.2, 0.25) is 0 Å². The maximum atomic E-state index is 12.7. The average Bonchev–Trinajstić information content (AvgIpc) is 2.80. The van der Waals surface area contributed by atoms with Gasteiger partial charge in [-0.1, -0.05) is 24.3 Å². The number of carbonyl (C=O) groups is 1. The number of aryl methyl sites for hydroxylation is 2. The Morgan fingerprint density at radius 2 is 1.73 bits per heavy atom. The Morgan fingerprint density at radius 3 is 2.40 bits per heavy atom. The first-order valence-corrected chi connectivity index (χ1v) is 10.5. The molecule has 3 heterocycles. The summed E-state index contributed by atoms with van der Waals surface area (Å²) in [6.45, 7) is 5.81. The fourth-order valence-corrected chi connectivity index (χ4v) is 4.04. The topological polar surface area (TPSA) is 58.1 Å². The van der Waals surface area contributed by atoms with Crippen LogP contribution < -0.4 is 5.32 Å². The third kappa shape index (κ3) is 4.57. The molecule has 30 heavy (non-hydrogen) atoms. The van der Waals surface area contributed by atoms with E-state index in [0.29, 0.717) is 11.6 Å². The number of piperidine rings is 1. The van der Waals surface area contributed by atoms with Crippen LogP contribution in [0.1, 0.15) is 51.5 Å². The molecular weight excluding hydrogens is 372 g/mol. The molecule has 154 valence electrons. The molecule has 3 aromatic rings. The van der Waals surface area contributed by atoms with Crippen molar-refractivity contribution in [2.75, 3.05) is 13.1 Å². The molecule has 0 radical (unpaired) electrons. The molecule has 1 unspecified atom stereocenters. The highest BCUT2D eigenvalue weighted by Gasteiger charge is 2.26. The van der Waals surface area contributed by atoms with Gasteiger partial charge in [-0.05, 0) is 67.1 Å². The van der Waals surface area contributed by atoms with E-state index in [2.05, 4.69) is 53.4 Å². The first-order valence-electron chi connectivity index (χ1n) is 10.5. The number of carbonyl (C=O) groups excluding carboxylic acids is 1. The van der Waals surface area contributed by atoms with E-state index < -0.39 is 0 Å². The standard InChI is InChI=1S/C25H28N4O/c1-18-5-6-21(16-19(18)2)24(22-4-3-11-27-17-22)28-23-9-14-29(15-10-23)25(30)20-7-12-26-13-8-20/h3-8,11-13,16-17,23-24,28H,9-10,14-15H2,1-2H3. The van der Waals surface area contributed by atoms with Crippen LogP contribution in [0.15, 0.2) is 67.3 Å². The molecular formula is C25H28N4O. The molecule has 0 spiro atoms. The second-order valence-electron chi connectivity index (χ2n) is 8.03. The predicted molar refractivity (Wildman–Crippen MR) is 118 cm³/mol. The molecule has 4 rings (SSSR count). The Balaban J connectivity index is 1.46. The van der Waals surface area contributed by atoms with Crippen molar-refractivity contribution < 1.29 is 4.79 Å². The van der Waals surface area contributed by atoms with Gasteiger partial charge in [-0.2, -0.15) is 0 Å². The van der Waals surface area contributed by atoms with Crippen molar-refractivity contribution in [3.05, 3.63) is 95.1 Å². The van der Waals surface area contributed by atoms with E-state index in [9.17, 15) is 4.79 Å². The van der Waals surface area contributed by atoms with Crippen molar-refractivity contribution >= 4 is 5.91 Å². The van der Waals surface area contributed by atoms with Crippen LogP contribution in [-0.4, -0.2) is 39.9 Å². The second-order valence-corrected chi connectivity index (χ2v) is 8.03. The summed E-state index contributed by atoms with van der Waals surface area (Å²) >= 11 is 0. The molecule has 0 saturated carbocycles. The maximum absolute atomic E-state index is 12.7. The van der Waals surface area contributed by atoms with E-state index in [1.165, 1.54) is 16.7 Å². The Hall–Kier alpha value is -3.05. The largest absolute Gasteiger partial charge is 0.339 e. The van der Waals surface area contributed by atoms with Gasteiger partial charge in [-0.15, -0.1) is 0 Å². The van der Waals surface area contributed by atoms with Gasteiger partial charge in [0.1, 0.15) is 0 Å². The fourth-order valence-electron chi connectivity index (χ4n) is 4.04. The van der Waals surface area contributed by atoms with E-state index >= 15 is 0 Å². The molecule has 1 N–H and O–H groups in total. The van der Waals surface area contributed by atoms with Crippen LogP contribution >= 0.6 is 0 Å². The second kappa shape index (κ2) is 9.18. The van der Waals surface area contributed by atoms with Gasteiger partial charge >= 0.3 is 0 Å². The van der Waals surface area contributed by atoms with Crippen LogP contribution in [0.2, 0.25) is 0 Å². The number of benzene rings is 1. The Bertz CT molecular complexity index is 983. The zero-order valence-corrected chi connectivity index (χ0v) is 17.6. The molecule has 0 bridgehead atoms. The summed E-state index contributed by atoms with van der Waals surface area (Å²) in [5.74, 6) is 0.0915. The number of hydrogen-bond donors (Lipinski definition) is 1. The number of amides is 1. The van der Waals surface area contributed by atoms with Gasteiger partial charge in [0, 0.05) is 49.5 Å². The third-order valence-corrected chi connectivity index (χ3v) is 5.99. The van der Waals surface area contributed by atoms with E-state index in [-0.39, 0.29) is 11.9 Å². The Labute approximate surface area is 178 Å². The zero-order chi connectivity index (χ0) is 20.9. The monoisotopic (exact) mass is 400 g/mol. The lowest BCUT2D eigenvalue weighted by molar-refractivity contribution is 0.0703. The number of pyridine rings is 2. The number of nitrogens with one attached hydrogen (secondary N) is 1. The molecule has 5 heteroatoms. The van der Waals surface area contributed by atoms with Crippen LogP contribution in [-0.2, 0) is 0 Å². The molecule has 2 aromatic heterocycles. The first kappa shape index (κ1) is 20.2. The SMILES string of the molecule is Cc1ccc(C(NC2CCN(C(=O)c3ccncc3)CC2)c2cccnc2)cc1C. The quantitative estimate of drug-likeness (QED) is 0.701. The molecule has 1 aliphatic rings. The van der Waals surface area contributed by atoms with Crippen molar-refractivity contribution in [2.24, 2.45) is 0 Å².